The first-order chi connectivity index (χ1) is 22.6. The summed E-state index contributed by atoms with van der Waals surface area (Å²) in [6, 6.07) is 9.19. The van der Waals surface area contributed by atoms with Crippen LogP contribution in [-0.2, 0) is 16.1 Å². The van der Waals surface area contributed by atoms with E-state index in [-0.39, 0.29) is 24.3 Å². The first kappa shape index (κ1) is 32.3. The third-order valence-electron chi connectivity index (χ3n) is 8.59. The number of pyridine rings is 1. The standard InChI is InChI=1S/C34H43FN8O4/c1-34(2,3)47-33(45)39-23-9-7-22(8-10-23)38-30-17-28(42(24-11-12-24)20-21-5-13-25(46-4)14-6-21)31-37-19-29(43(31)41-30)32(44)40-27-15-16-36-18-26(27)35/h5-6,13-18,22-24,29H,7-12,19-20H2,1-4H3,(H,38,41)(H,39,45)(H,36,40,44)/t22-,23-,29?. The molecule has 1 aromatic heterocycles. The number of hydrogen-bond donors (Lipinski definition) is 3. The van der Waals surface area contributed by atoms with E-state index in [1.165, 1.54) is 12.3 Å². The molecular weight excluding hydrogens is 603 g/mol. The number of rotatable bonds is 9. The second kappa shape index (κ2) is 13.6. The molecule has 47 heavy (non-hydrogen) atoms. The number of amidine groups is 2. The Kier molecular flexibility index (Phi) is 9.33. The van der Waals surface area contributed by atoms with Crippen molar-refractivity contribution in [2.75, 3.05) is 19.0 Å². The van der Waals surface area contributed by atoms with Gasteiger partial charge < -0.3 is 30.3 Å². The maximum Gasteiger partial charge on any atom is 0.407 e. The van der Waals surface area contributed by atoms with Crippen molar-refractivity contribution in [3.63, 3.8) is 0 Å². The monoisotopic (exact) mass is 646 g/mol. The number of hydrazone groups is 1. The number of carbonyl (C=O) groups excluding carboxylic acids is 2. The molecule has 3 N–H and O–H groups in total. The second-order valence-electron chi connectivity index (χ2n) is 13.4. The normalized spacial score (nSPS) is 22.3. The molecule has 0 bridgehead atoms. The van der Waals surface area contributed by atoms with Crippen LogP contribution in [0.2, 0.25) is 0 Å². The first-order valence-corrected chi connectivity index (χ1v) is 16.3. The number of anilines is 1. The molecule has 12 nitrogen and oxygen atoms in total. The topological polar surface area (TPSA) is 133 Å². The third-order valence-corrected chi connectivity index (χ3v) is 8.59. The first-order valence-electron chi connectivity index (χ1n) is 16.3. The van der Waals surface area contributed by atoms with Gasteiger partial charge in [0.15, 0.2) is 17.7 Å². The Morgan fingerprint density at radius 3 is 2.43 bits per heavy atom. The van der Waals surface area contributed by atoms with Gasteiger partial charge in [-0.3, -0.25) is 14.8 Å². The molecule has 250 valence electrons. The van der Waals surface area contributed by atoms with E-state index in [0.29, 0.717) is 24.3 Å². The molecule has 2 saturated carbocycles. The number of ether oxygens (including phenoxy) is 2. The summed E-state index contributed by atoms with van der Waals surface area (Å²) in [6.07, 6.45) is 9.50. The molecular formula is C34H43FN8O4. The van der Waals surface area contributed by atoms with Crippen molar-refractivity contribution in [1.82, 2.24) is 25.5 Å². The summed E-state index contributed by atoms with van der Waals surface area (Å²) in [6.45, 7) is 6.39. The quantitative estimate of drug-likeness (QED) is 0.362. The van der Waals surface area contributed by atoms with Crippen LogP contribution in [0.5, 0.6) is 5.75 Å². The number of aliphatic imine (C=N–C) groups is 1. The highest BCUT2D eigenvalue weighted by atomic mass is 19.1. The van der Waals surface area contributed by atoms with E-state index < -0.39 is 29.5 Å². The Hall–Kier alpha value is -4.68. The summed E-state index contributed by atoms with van der Waals surface area (Å²) in [5.41, 5.74) is 1.53. The molecule has 13 heteroatoms. The van der Waals surface area contributed by atoms with E-state index in [4.69, 9.17) is 19.6 Å². The van der Waals surface area contributed by atoms with Crippen molar-refractivity contribution >= 4 is 29.4 Å². The van der Waals surface area contributed by atoms with Crippen LogP contribution in [0.15, 0.2) is 64.6 Å². The highest BCUT2D eigenvalue weighted by molar-refractivity contribution is 6.12. The number of fused-ring (bicyclic) bond motifs is 1. The Bertz CT molecular complexity index is 1560. The minimum atomic E-state index is -0.756. The molecule has 1 unspecified atom stereocenters. The number of hydrogen-bond acceptors (Lipinski definition) is 10. The Morgan fingerprint density at radius 1 is 1.04 bits per heavy atom. The minimum absolute atomic E-state index is 0.0381. The zero-order chi connectivity index (χ0) is 33.1. The van der Waals surface area contributed by atoms with E-state index in [1.807, 2.05) is 39.0 Å². The fourth-order valence-electron chi connectivity index (χ4n) is 6.08. The molecule has 1 atom stereocenters. The second-order valence-corrected chi connectivity index (χ2v) is 13.4. The summed E-state index contributed by atoms with van der Waals surface area (Å²) >= 11 is 0. The van der Waals surface area contributed by atoms with Gasteiger partial charge in [-0.15, -0.1) is 0 Å². The van der Waals surface area contributed by atoms with Crippen LogP contribution in [0.4, 0.5) is 14.9 Å². The predicted molar refractivity (Wildman–Crippen MR) is 176 cm³/mol. The number of methoxy groups -OCH3 is 1. The van der Waals surface area contributed by atoms with Gasteiger partial charge in [0, 0.05) is 36.9 Å². The number of nitrogens with zero attached hydrogens (tertiary/aromatic N) is 5. The highest BCUT2D eigenvalue weighted by Gasteiger charge is 2.42. The lowest BCUT2D eigenvalue weighted by atomic mass is 9.91. The lowest BCUT2D eigenvalue weighted by molar-refractivity contribution is -0.119. The van der Waals surface area contributed by atoms with Crippen LogP contribution < -0.4 is 20.7 Å². The summed E-state index contributed by atoms with van der Waals surface area (Å²) in [5.74, 6) is 1.04. The molecule has 2 aromatic rings. The summed E-state index contributed by atoms with van der Waals surface area (Å²) in [5, 5.41) is 15.9. The molecule has 2 amide bonds. The van der Waals surface area contributed by atoms with Crippen molar-refractivity contribution < 1.29 is 23.5 Å². The molecule has 0 radical (unpaired) electrons. The van der Waals surface area contributed by atoms with E-state index >= 15 is 0 Å². The van der Waals surface area contributed by atoms with Crippen molar-refractivity contribution in [2.24, 2.45) is 10.1 Å². The predicted octanol–water partition coefficient (Wildman–Crippen LogP) is 4.55. The lowest BCUT2D eigenvalue weighted by Crippen LogP contribution is -2.50. The summed E-state index contributed by atoms with van der Waals surface area (Å²) in [7, 11) is 1.65. The zero-order valence-corrected chi connectivity index (χ0v) is 27.3. The fourth-order valence-corrected chi connectivity index (χ4v) is 6.08. The highest BCUT2D eigenvalue weighted by Crippen LogP contribution is 2.35. The molecule has 3 heterocycles. The number of amides is 2. The van der Waals surface area contributed by atoms with E-state index in [1.54, 1.807) is 12.1 Å². The molecule has 2 aliphatic carbocycles. The van der Waals surface area contributed by atoms with Gasteiger partial charge in [0.2, 0.25) is 0 Å². The third kappa shape index (κ3) is 8.01. The smallest absolute Gasteiger partial charge is 0.407 e. The van der Waals surface area contributed by atoms with Crippen molar-refractivity contribution in [2.45, 2.75) is 95.6 Å². The van der Waals surface area contributed by atoms with Crippen LogP contribution >= 0.6 is 0 Å². The number of benzene rings is 1. The largest absolute Gasteiger partial charge is 0.497 e. The number of carbonyl (C=O) groups is 2. The van der Waals surface area contributed by atoms with Gasteiger partial charge in [0.1, 0.15) is 17.2 Å². The van der Waals surface area contributed by atoms with Gasteiger partial charge in [-0.2, -0.15) is 5.10 Å². The van der Waals surface area contributed by atoms with Gasteiger partial charge in [0.05, 0.1) is 31.2 Å². The Balaban J connectivity index is 1.21. The fraction of sp³-hybridized carbons (Fsp3) is 0.500. The summed E-state index contributed by atoms with van der Waals surface area (Å²) in [4.78, 5) is 36.7. The number of aromatic nitrogens is 1. The number of nitrogens with one attached hydrogen (secondary N) is 3. The number of halogens is 1. The Morgan fingerprint density at radius 2 is 1.77 bits per heavy atom. The average molecular weight is 647 g/mol. The zero-order valence-electron chi connectivity index (χ0n) is 27.3. The van der Waals surface area contributed by atoms with Crippen LogP contribution in [-0.4, -0.2) is 82.0 Å². The van der Waals surface area contributed by atoms with E-state index in [2.05, 4.69) is 38.0 Å². The molecule has 6 rings (SSSR count). The van der Waals surface area contributed by atoms with Crippen LogP contribution in [0.1, 0.15) is 64.9 Å². The van der Waals surface area contributed by atoms with Crippen LogP contribution in [0, 0.1) is 5.82 Å². The van der Waals surface area contributed by atoms with Gasteiger partial charge in [-0.05, 0) is 83.1 Å². The molecule has 2 fully saturated rings. The molecule has 2 aliphatic heterocycles. The SMILES string of the molecule is COc1ccc(CN(C2=CC(N[C@H]3CC[C@H](NC(=O)OC(C)(C)C)CC3)=NN3C2=NCC3C(=O)Nc2ccncc2F)C2CC2)cc1. The maximum atomic E-state index is 14.4. The molecule has 4 aliphatic rings. The van der Waals surface area contributed by atoms with Crippen molar-refractivity contribution in [1.29, 1.82) is 0 Å². The van der Waals surface area contributed by atoms with E-state index in [9.17, 15) is 14.0 Å². The Labute approximate surface area is 274 Å². The molecule has 0 saturated heterocycles. The van der Waals surface area contributed by atoms with Gasteiger partial charge in [0.25, 0.3) is 5.91 Å². The van der Waals surface area contributed by atoms with E-state index in [0.717, 1.165) is 61.7 Å². The lowest BCUT2D eigenvalue weighted by Gasteiger charge is -2.36. The summed E-state index contributed by atoms with van der Waals surface area (Å²) < 4.78 is 25.2. The maximum absolute atomic E-state index is 14.4. The van der Waals surface area contributed by atoms with Gasteiger partial charge >= 0.3 is 6.09 Å². The average Bonchev–Trinajstić information content (AvgIpc) is 3.79. The molecule has 1 aromatic carbocycles. The van der Waals surface area contributed by atoms with Crippen molar-refractivity contribution in [3.05, 3.63) is 65.9 Å². The van der Waals surface area contributed by atoms with Crippen LogP contribution in [0.25, 0.3) is 0 Å². The van der Waals surface area contributed by atoms with Crippen LogP contribution in [0.3, 0.4) is 0 Å². The minimum Gasteiger partial charge on any atom is -0.497 e. The van der Waals surface area contributed by atoms with Gasteiger partial charge in [-0.1, -0.05) is 12.1 Å². The number of alkyl carbamates (subject to hydrolysis) is 1. The van der Waals surface area contributed by atoms with Crippen molar-refractivity contribution in [3.8, 4) is 5.75 Å². The van der Waals surface area contributed by atoms with Gasteiger partial charge in [-0.25, -0.2) is 14.2 Å². The molecule has 0 spiro atoms.